The van der Waals surface area contributed by atoms with Gasteiger partial charge >= 0.3 is 0 Å². The van der Waals surface area contributed by atoms with Gasteiger partial charge in [0.05, 0.1) is 12.6 Å². The van der Waals surface area contributed by atoms with Crippen LogP contribution in [-0.4, -0.2) is 22.1 Å². The monoisotopic (exact) mass is 315 g/mol. The molecule has 0 aliphatic rings. The molecule has 0 saturated carbocycles. The van der Waals surface area contributed by atoms with Gasteiger partial charge in [0.1, 0.15) is 11.6 Å². The maximum absolute atomic E-state index is 12.2. The van der Waals surface area contributed by atoms with Gasteiger partial charge in [-0.25, -0.2) is 4.98 Å². The van der Waals surface area contributed by atoms with E-state index in [0.717, 1.165) is 11.6 Å². The van der Waals surface area contributed by atoms with E-state index in [0.29, 0.717) is 19.4 Å². The number of carbonyl (C=O) groups excluding carboxylic acids is 1. The molecule has 0 spiro atoms. The second-order valence-electron chi connectivity index (χ2n) is 5.95. The molecule has 0 unspecified atom stereocenters. The van der Waals surface area contributed by atoms with E-state index >= 15 is 0 Å². The zero-order valence-corrected chi connectivity index (χ0v) is 14.0. The van der Waals surface area contributed by atoms with Gasteiger partial charge in [-0.3, -0.25) is 4.79 Å². The Morgan fingerprint density at radius 1 is 1.30 bits per heavy atom. The molecule has 5 heteroatoms. The number of ether oxygens (including phenoxy) is 1. The fraction of sp³-hybridized carbons (Fsp3) is 0.444. The van der Waals surface area contributed by atoms with E-state index in [1.54, 1.807) is 6.20 Å². The molecule has 1 N–H and O–H groups in total. The van der Waals surface area contributed by atoms with Crippen LogP contribution in [0.2, 0.25) is 0 Å². The smallest absolute Gasteiger partial charge is 0.220 e. The number of hydrogen-bond acceptors (Lipinski definition) is 3. The minimum Gasteiger partial charge on any atom is -0.494 e. The first-order valence-electron chi connectivity index (χ1n) is 8.02. The number of para-hydroxylation sites is 1. The Balaban J connectivity index is 1.78. The van der Waals surface area contributed by atoms with Crippen LogP contribution in [-0.2, 0) is 11.8 Å². The number of hydrogen-bond donors (Lipinski definition) is 1. The highest BCUT2D eigenvalue weighted by Gasteiger charge is 2.21. The van der Waals surface area contributed by atoms with Crippen LogP contribution in [0, 0.1) is 5.92 Å². The number of aromatic nitrogens is 2. The number of benzene rings is 1. The number of nitrogens with zero attached hydrogens (tertiary/aromatic N) is 2. The summed E-state index contributed by atoms with van der Waals surface area (Å²) in [6.07, 6.45) is 4.78. The zero-order valence-electron chi connectivity index (χ0n) is 14.0. The Bertz CT molecular complexity index is 608. The Morgan fingerprint density at radius 3 is 2.65 bits per heavy atom. The summed E-state index contributed by atoms with van der Waals surface area (Å²) < 4.78 is 7.55. The van der Waals surface area contributed by atoms with Gasteiger partial charge < -0.3 is 14.6 Å². The van der Waals surface area contributed by atoms with E-state index in [1.165, 1.54) is 0 Å². The second kappa shape index (κ2) is 8.36. The maximum Gasteiger partial charge on any atom is 0.220 e. The highest BCUT2D eigenvalue weighted by molar-refractivity contribution is 5.76. The number of rotatable bonds is 8. The molecule has 1 aromatic heterocycles. The topological polar surface area (TPSA) is 56.1 Å². The molecule has 0 bridgehead atoms. The van der Waals surface area contributed by atoms with Crippen molar-refractivity contribution in [1.82, 2.24) is 14.9 Å². The van der Waals surface area contributed by atoms with E-state index in [1.807, 2.05) is 48.1 Å². The van der Waals surface area contributed by atoms with Crippen molar-refractivity contribution in [3.05, 3.63) is 48.5 Å². The van der Waals surface area contributed by atoms with Gasteiger partial charge in [-0.2, -0.15) is 0 Å². The van der Waals surface area contributed by atoms with Crippen molar-refractivity contribution in [2.24, 2.45) is 13.0 Å². The van der Waals surface area contributed by atoms with E-state index in [4.69, 9.17) is 4.74 Å². The lowest BCUT2D eigenvalue weighted by Gasteiger charge is -2.22. The van der Waals surface area contributed by atoms with E-state index in [9.17, 15) is 4.79 Å². The van der Waals surface area contributed by atoms with Crippen molar-refractivity contribution in [2.45, 2.75) is 32.7 Å². The fourth-order valence-corrected chi connectivity index (χ4v) is 2.39. The van der Waals surface area contributed by atoms with Crippen molar-refractivity contribution < 1.29 is 9.53 Å². The molecule has 0 saturated heterocycles. The summed E-state index contributed by atoms with van der Waals surface area (Å²) in [5, 5.41) is 3.08. The van der Waals surface area contributed by atoms with Crippen molar-refractivity contribution in [1.29, 1.82) is 0 Å². The number of nitrogens with one attached hydrogen (secondary N) is 1. The predicted molar refractivity (Wildman–Crippen MR) is 90.1 cm³/mol. The average Bonchev–Trinajstić information content (AvgIpc) is 2.96. The first-order chi connectivity index (χ1) is 11.1. The van der Waals surface area contributed by atoms with Crippen LogP contribution in [0.4, 0.5) is 0 Å². The number of amides is 1. The summed E-state index contributed by atoms with van der Waals surface area (Å²) in [4.78, 5) is 16.5. The highest BCUT2D eigenvalue weighted by Crippen LogP contribution is 2.19. The van der Waals surface area contributed by atoms with Crippen molar-refractivity contribution in [2.75, 3.05) is 6.61 Å². The molecule has 1 amide bonds. The summed E-state index contributed by atoms with van der Waals surface area (Å²) in [6.45, 7) is 4.70. The molecule has 0 fully saturated rings. The summed E-state index contributed by atoms with van der Waals surface area (Å²) in [7, 11) is 1.94. The molecule has 0 aliphatic heterocycles. The molecule has 1 aromatic carbocycles. The fourth-order valence-electron chi connectivity index (χ4n) is 2.39. The molecule has 23 heavy (non-hydrogen) atoms. The quantitative estimate of drug-likeness (QED) is 0.762. The average molecular weight is 315 g/mol. The lowest BCUT2D eigenvalue weighted by molar-refractivity contribution is -0.122. The summed E-state index contributed by atoms with van der Waals surface area (Å²) in [5.41, 5.74) is 0. The van der Waals surface area contributed by atoms with E-state index in [-0.39, 0.29) is 17.9 Å². The summed E-state index contributed by atoms with van der Waals surface area (Å²) >= 11 is 0. The molecule has 2 rings (SSSR count). The van der Waals surface area contributed by atoms with Crippen molar-refractivity contribution in [3.8, 4) is 5.75 Å². The highest BCUT2D eigenvalue weighted by atomic mass is 16.5. The first-order valence-corrected chi connectivity index (χ1v) is 8.02. The van der Waals surface area contributed by atoms with Gasteiger partial charge in [-0.1, -0.05) is 32.0 Å². The van der Waals surface area contributed by atoms with Crippen LogP contribution in [0.15, 0.2) is 42.7 Å². The third kappa shape index (κ3) is 5.13. The minimum atomic E-state index is -0.0717. The Labute approximate surface area is 137 Å². The normalized spacial score (nSPS) is 12.2. The summed E-state index contributed by atoms with van der Waals surface area (Å²) in [6, 6.07) is 9.57. The van der Waals surface area contributed by atoms with Crippen LogP contribution in [0.5, 0.6) is 5.75 Å². The third-order valence-corrected chi connectivity index (χ3v) is 3.68. The molecule has 0 radical (unpaired) electrons. The maximum atomic E-state index is 12.2. The van der Waals surface area contributed by atoms with E-state index in [2.05, 4.69) is 24.1 Å². The zero-order chi connectivity index (χ0) is 16.7. The van der Waals surface area contributed by atoms with Crippen molar-refractivity contribution in [3.63, 3.8) is 0 Å². The molecule has 1 heterocycles. The molecule has 5 nitrogen and oxygen atoms in total. The van der Waals surface area contributed by atoms with Crippen LogP contribution in [0.1, 0.15) is 38.6 Å². The molecule has 124 valence electrons. The van der Waals surface area contributed by atoms with Gasteiger partial charge in [0.25, 0.3) is 0 Å². The molecule has 2 aromatic rings. The Morgan fingerprint density at radius 2 is 2.04 bits per heavy atom. The lowest BCUT2D eigenvalue weighted by Crippen LogP contribution is -2.33. The van der Waals surface area contributed by atoms with Crippen LogP contribution < -0.4 is 10.1 Å². The van der Waals surface area contributed by atoms with Gasteiger partial charge in [-0.05, 0) is 24.5 Å². The lowest BCUT2D eigenvalue weighted by atomic mass is 10.0. The van der Waals surface area contributed by atoms with Gasteiger partial charge in [0.15, 0.2) is 0 Å². The number of imidazole rings is 1. The molecular formula is C18H25N3O2. The van der Waals surface area contributed by atoms with Gasteiger partial charge in [0, 0.05) is 25.9 Å². The van der Waals surface area contributed by atoms with Gasteiger partial charge in [-0.15, -0.1) is 0 Å². The Hall–Kier alpha value is -2.30. The first kappa shape index (κ1) is 17.1. The third-order valence-electron chi connectivity index (χ3n) is 3.68. The summed E-state index contributed by atoms with van der Waals surface area (Å²) in [5.74, 6) is 2.03. The molecule has 0 aliphatic carbocycles. The van der Waals surface area contributed by atoms with E-state index < -0.39 is 0 Å². The van der Waals surface area contributed by atoms with Gasteiger partial charge in [0.2, 0.25) is 5.91 Å². The number of aryl methyl sites for hydroxylation is 1. The Kier molecular flexibility index (Phi) is 6.20. The molecule has 1 atom stereocenters. The van der Waals surface area contributed by atoms with Crippen LogP contribution in [0.3, 0.4) is 0 Å². The molecular weight excluding hydrogens is 290 g/mol. The van der Waals surface area contributed by atoms with Crippen LogP contribution >= 0.6 is 0 Å². The van der Waals surface area contributed by atoms with Crippen LogP contribution in [0.25, 0.3) is 0 Å². The van der Waals surface area contributed by atoms with Crippen molar-refractivity contribution >= 4 is 5.91 Å². The second-order valence-corrected chi connectivity index (χ2v) is 5.95. The standard InChI is InChI=1S/C18H25N3O2/c1-14(2)17(18-19-11-12-21(18)3)20-16(22)10-7-13-23-15-8-5-4-6-9-15/h4-6,8-9,11-12,14,17H,7,10,13H2,1-3H3,(H,20,22)/t17-/m0/s1. The predicted octanol–water partition coefficient (Wildman–Crippen LogP) is 3.09. The number of carbonyl (C=O) groups is 1. The SMILES string of the molecule is CC(C)[C@H](NC(=O)CCCOc1ccccc1)c1nccn1C. The largest absolute Gasteiger partial charge is 0.494 e. The minimum absolute atomic E-state index is 0.0309.